The molecule has 0 saturated heterocycles. The molecule has 1 aromatic heterocycles. The van der Waals surface area contributed by atoms with Crippen LogP contribution in [0, 0.1) is 0 Å². The predicted molar refractivity (Wildman–Crippen MR) is 78.7 cm³/mol. The highest BCUT2D eigenvalue weighted by atomic mass is 79.9. The van der Waals surface area contributed by atoms with Crippen LogP contribution in [-0.2, 0) is 6.54 Å². The van der Waals surface area contributed by atoms with Crippen molar-refractivity contribution in [2.24, 2.45) is 0 Å². The molecule has 1 atom stereocenters. The van der Waals surface area contributed by atoms with Gasteiger partial charge in [-0.05, 0) is 52.0 Å². The third-order valence-corrected chi connectivity index (χ3v) is 4.85. The summed E-state index contributed by atoms with van der Waals surface area (Å²) in [5.74, 6) is 0. The van der Waals surface area contributed by atoms with E-state index in [2.05, 4.69) is 51.7 Å². The molecule has 0 aliphatic heterocycles. The summed E-state index contributed by atoms with van der Waals surface area (Å²) >= 11 is 11.2. The number of halogens is 2. The maximum absolute atomic E-state index is 6.06. The molecule has 1 nitrogen and oxygen atoms in total. The largest absolute Gasteiger partial charge is 0.305 e. The van der Waals surface area contributed by atoms with Gasteiger partial charge in [0.1, 0.15) is 0 Å². The minimum Gasteiger partial charge on any atom is -0.305 e. The van der Waals surface area contributed by atoms with Crippen molar-refractivity contribution in [2.75, 3.05) is 0 Å². The summed E-state index contributed by atoms with van der Waals surface area (Å²) in [6.07, 6.45) is 0. The molecule has 0 radical (unpaired) electrons. The monoisotopic (exact) mass is 329 g/mol. The molecule has 1 aromatic carbocycles. The third kappa shape index (κ3) is 3.55. The van der Waals surface area contributed by atoms with Crippen LogP contribution in [-0.4, -0.2) is 0 Å². The van der Waals surface area contributed by atoms with E-state index in [-0.39, 0.29) is 0 Å². The Morgan fingerprint density at radius 2 is 2.24 bits per heavy atom. The van der Waals surface area contributed by atoms with Crippen LogP contribution >= 0.6 is 38.9 Å². The van der Waals surface area contributed by atoms with E-state index in [1.807, 2.05) is 12.1 Å². The van der Waals surface area contributed by atoms with Gasteiger partial charge in [-0.1, -0.05) is 23.7 Å². The molecule has 0 saturated carbocycles. The molecule has 17 heavy (non-hydrogen) atoms. The van der Waals surface area contributed by atoms with Crippen LogP contribution in [0.25, 0.3) is 0 Å². The van der Waals surface area contributed by atoms with Gasteiger partial charge in [-0.15, -0.1) is 11.3 Å². The zero-order chi connectivity index (χ0) is 12.3. The van der Waals surface area contributed by atoms with Crippen molar-refractivity contribution >= 4 is 38.9 Å². The summed E-state index contributed by atoms with van der Waals surface area (Å²) in [5.41, 5.74) is 1.20. The van der Waals surface area contributed by atoms with E-state index in [0.717, 1.165) is 16.0 Å². The second-order valence-corrected chi connectivity index (χ2v) is 6.11. The minimum atomic E-state index is 0.373. The number of hydrogen-bond acceptors (Lipinski definition) is 2. The quantitative estimate of drug-likeness (QED) is 0.830. The first-order valence-corrected chi connectivity index (χ1v) is 7.42. The molecule has 0 aliphatic rings. The van der Waals surface area contributed by atoms with Crippen LogP contribution in [0.2, 0.25) is 5.02 Å². The summed E-state index contributed by atoms with van der Waals surface area (Å²) in [7, 11) is 0. The highest BCUT2D eigenvalue weighted by Gasteiger charge is 2.06. The van der Waals surface area contributed by atoms with E-state index in [9.17, 15) is 0 Å². The van der Waals surface area contributed by atoms with Crippen LogP contribution < -0.4 is 5.32 Å². The van der Waals surface area contributed by atoms with Crippen molar-refractivity contribution in [3.8, 4) is 0 Å². The Morgan fingerprint density at radius 1 is 1.41 bits per heavy atom. The van der Waals surface area contributed by atoms with Crippen molar-refractivity contribution in [3.05, 3.63) is 55.6 Å². The highest BCUT2D eigenvalue weighted by molar-refractivity contribution is 9.10. The van der Waals surface area contributed by atoms with Crippen molar-refractivity contribution in [2.45, 2.75) is 19.5 Å². The lowest BCUT2D eigenvalue weighted by atomic mass is 10.2. The van der Waals surface area contributed by atoms with Gasteiger partial charge in [-0.3, -0.25) is 0 Å². The van der Waals surface area contributed by atoms with Gasteiger partial charge in [0.2, 0.25) is 0 Å². The Hall–Kier alpha value is -0.350. The van der Waals surface area contributed by atoms with Crippen molar-refractivity contribution < 1.29 is 0 Å². The van der Waals surface area contributed by atoms with Crippen LogP contribution in [0.3, 0.4) is 0 Å². The van der Waals surface area contributed by atoms with Crippen LogP contribution in [0.1, 0.15) is 23.4 Å². The number of rotatable bonds is 4. The fourth-order valence-electron chi connectivity index (χ4n) is 1.56. The molecule has 0 aliphatic carbocycles. The van der Waals surface area contributed by atoms with Gasteiger partial charge in [-0.25, -0.2) is 0 Å². The summed E-state index contributed by atoms with van der Waals surface area (Å²) in [6.45, 7) is 3.00. The average Bonchev–Trinajstić information content (AvgIpc) is 2.84. The van der Waals surface area contributed by atoms with Crippen LogP contribution in [0.15, 0.2) is 40.2 Å². The molecule has 0 amide bonds. The summed E-state index contributed by atoms with van der Waals surface area (Å²) in [4.78, 5) is 1.35. The molecule has 0 spiro atoms. The number of nitrogens with one attached hydrogen (secondary N) is 1. The summed E-state index contributed by atoms with van der Waals surface area (Å²) < 4.78 is 0.939. The SMILES string of the molecule is C[C@H](NCc1ccc(Br)c(Cl)c1)c1cccs1. The molecular formula is C13H13BrClNS. The molecule has 0 bridgehead atoms. The molecule has 1 N–H and O–H groups in total. The Balaban J connectivity index is 1.96. The van der Waals surface area contributed by atoms with Crippen molar-refractivity contribution in [1.82, 2.24) is 5.32 Å². The van der Waals surface area contributed by atoms with E-state index in [0.29, 0.717) is 6.04 Å². The lowest BCUT2D eigenvalue weighted by molar-refractivity contribution is 0.583. The van der Waals surface area contributed by atoms with Gasteiger partial charge >= 0.3 is 0 Å². The van der Waals surface area contributed by atoms with Crippen LogP contribution in [0.4, 0.5) is 0 Å². The first kappa shape index (κ1) is 13.1. The highest BCUT2D eigenvalue weighted by Crippen LogP contribution is 2.24. The molecule has 0 fully saturated rings. The van der Waals surface area contributed by atoms with Gasteiger partial charge < -0.3 is 5.32 Å². The van der Waals surface area contributed by atoms with Gasteiger partial charge in [0.15, 0.2) is 0 Å². The lowest BCUT2D eigenvalue weighted by Gasteiger charge is -2.12. The molecule has 90 valence electrons. The third-order valence-electron chi connectivity index (χ3n) is 2.57. The Morgan fingerprint density at radius 3 is 2.88 bits per heavy atom. The standard InChI is InChI=1S/C13H13BrClNS/c1-9(13-3-2-6-17-13)16-8-10-4-5-11(14)12(15)7-10/h2-7,9,16H,8H2,1H3/t9-/m0/s1. The number of thiophene rings is 1. The molecular weight excluding hydrogens is 318 g/mol. The minimum absolute atomic E-state index is 0.373. The number of benzene rings is 1. The molecule has 4 heteroatoms. The Bertz CT molecular complexity index is 484. The molecule has 2 rings (SSSR count). The normalized spacial score (nSPS) is 12.6. The molecule has 0 unspecified atom stereocenters. The first-order chi connectivity index (χ1) is 8.16. The van der Waals surface area contributed by atoms with E-state index in [1.54, 1.807) is 11.3 Å². The fraction of sp³-hybridized carbons (Fsp3) is 0.231. The zero-order valence-corrected chi connectivity index (χ0v) is 12.6. The topological polar surface area (TPSA) is 12.0 Å². The van der Waals surface area contributed by atoms with E-state index in [4.69, 9.17) is 11.6 Å². The second kappa shape index (κ2) is 6.01. The van der Waals surface area contributed by atoms with E-state index in [1.165, 1.54) is 10.4 Å². The summed E-state index contributed by atoms with van der Waals surface area (Å²) in [5, 5.41) is 6.34. The Labute approximate surface area is 119 Å². The predicted octanol–water partition coefficient (Wildman–Crippen LogP) is 5.01. The maximum Gasteiger partial charge on any atom is 0.0551 e. The maximum atomic E-state index is 6.06. The molecule has 2 aromatic rings. The second-order valence-electron chi connectivity index (χ2n) is 3.87. The number of hydrogen-bond donors (Lipinski definition) is 1. The summed E-state index contributed by atoms with van der Waals surface area (Å²) in [6, 6.07) is 10.6. The van der Waals surface area contributed by atoms with Gasteiger partial charge in [0.05, 0.1) is 5.02 Å². The van der Waals surface area contributed by atoms with Crippen molar-refractivity contribution in [1.29, 1.82) is 0 Å². The van der Waals surface area contributed by atoms with E-state index >= 15 is 0 Å². The van der Waals surface area contributed by atoms with Crippen LogP contribution in [0.5, 0.6) is 0 Å². The zero-order valence-electron chi connectivity index (χ0n) is 9.41. The average molecular weight is 331 g/mol. The van der Waals surface area contributed by atoms with Gasteiger partial charge in [-0.2, -0.15) is 0 Å². The Kier molecular flexibility index (Phi) is 4.62. The first-order valence-electron chi connectivity index (χ1n) is 5.37. The lowest BCUT2D eigenvalue weighted by Crippen LogP contribution is -2.17. The van der Waals surface area contributed by atoms with Gasteiger partial charge in [0, 0.05) is 21.9 Å². The van der Waals surface area contributed by atoms with Gasteiger partial charge in [0.25, 0.3) is 0 Å². The van der Waals surface area contributed by atoms with E-state index < -0.39 is 0 Å². The fourth-order valence-corrected chi connectivity index (χ4v) is 2.77. The van der Waals surface area contributed by atoms with Crippen molar-refractivity contribution in [3.63, 3.8) is 0 Å². The molecule has 1 heterocycles. The smallest absolute Gasteiger partial charge is 0.0551 e.